The largest absolute Gasteiger partial charge is 0.497 e. The van der Waals surface area contributed by atoms with Crippen molar-refractivity contribution in [3.8, 4) is 17.1 Å². The molecule has 1 aliphatic heterocycles. The Morgan fingerprint density at radius 3 is 2.86 bits per heavy atom. The summed E-state index contributed by atoms with van der Waals surface area (Å²) in [4.78, 5) is 18.8. The van der Waals surface area contributed by atoms with Gasteiger partial charge in [0.25, 0.3) is 0 Å². The lowest BCUT2D eigenvalue weighted by Crippen LogP contribution is -2.41. The lowest BCUT2D eigenvalue weighted by Gasteiger charge is -2.31. The lowest BCUT2D eigenvalue weighted by atomic mass is 9.98. The van der Waals surface area contributed by atoms with Gasteiger partial charge in [0.1, 0.15) is 11.6 Å². The first-order valence-corrected chi connectivity index (χ1v) is 9.42. The van der Waals surface area contributed by atoms with Crippen LogP contribution in [0.2, 0.25) is 0 Å². The zero-order chi connectivity index (χ0) is 20.2. The topological polar surface area (TPSA) is 80.5 Å². The molecule has 1 atom stereocenters. The number of carbonyl (C=O) groups excluding carboxylic acids is 1. The number of ether oxygens (including phenoxy) is 1. The van der Waals surface area contributed by atoms with Gasteiger partial charge in [0.05, 0.1) is 13.0 Å². The highest BCUT2D eigenvalue weighted by Gasteiger charge is 2.29. The average Bonchev–Trinajstić information content (AvgIpc) is 3.24. The van der Waals surface area contributed by atoms with E-state index in [2.05, 4.69) is 15.5 Å². The Morgan fingerprint density at radius 2 is 2.10 bits per heavy atom. The molecule has 150 valence electrons. The fourth-order valence-corrected chi connectivity index (χ4v) is 3.39. The number of methoxy groups -OCH3 is 1. The zero-order valence-electron chi connectivity index (χ0n) is 16.0. The van der Waals surface area contributed by atoms with Crippen molar-refractivity contribution in [2.24, 2.45) is 0 Å². The second kappa shape index (κ2) is 8.30. The van der Waals surface area contributed by atoms with Gasteiger partial charge in [0, 0.05) is 24.3 Å². The first kappa shape index (κ1) is 18.9. The van der Waals surface area contributed by atoms with Gasteiger partial charge in [-0.15, -0.1) is 0 Å². The van der Waals surface area contributed by atoms with Crippen molar-refractivity contribution in [1.29, 1.82) is 0 Å². The van der Waals surface area contributed by atoms with Gasteiger partial charge < -0.3 is 19.5 Å². The van der Waals surface area contributed by atoms with Crippen molar-refractivity contribution < 1.29 is 18.4 Å². The van der Waals surface area contributed by atoms with Gasteiger partial charge in [-0.05, 0) is 55.3 Å². The van der Waals surface area contributed by atoms with E-state index in [1.165, 1.54) is 12.1 Å². The first-order chi connectivity index (χ1) is 14.1. The van der Waals surface area contributed by atoms with Crippen LogP contribution in [0.15, 0.2) is 53.1 Å². The van der Waals surface area contributed by atoms with E-state index in [1.807, 2.05) is 24.3 Å². The predicted molar refractivity (Wildman–Crippen MR) is 105 cm³/mol. The van der Waals surface area contributed by atoms with Gasteiger partial charge >= 0.3 is 6.03 Å². The summed E-state index contributed by atoms with van der Waals surface area (Å²) >= 11 is 0. The maximum atomic E-state index is 13.3. The van der Waals surface area contributed by atoms with Gasteiger partial charge in [0.15, 0.2) is 0 Å². The van der Waals surface area contributed by atoms with E-state index in [-0.39, 0.29) is 11.9 Å². The molecule has 1 fully saturated rings. The molecule has 0 bridgehead atoms. The number of urea groups is 1. The van der Waals surface area contributed by atoms with Crippen molar-refractivity contribution in [2.75, 3.05) is 25.5 Å². The molecular formula is C21H21FN4O3. The molecule has 4 rings (SSSR count). The molecule has 1 unspecified atom stereocenters. The number of amides is 2. The number of hydrogen-bond donors (Lipinski definition) is 1. The molecule has 2 heterocycles. The highest BCUT2D eigenvalue weighted by atomic mass is 19.1. The Bertz CT molecular complexity index is 990. The molecule has 7 nitrogen and oxygen atoms in total. The van der Waals surface area contributed by atoms with Crippen molar-refractivity contribution >= 4 is 11.7 Å². The maximum absolute atomic E-state index is 13.3. The lowest BCUT2D eigenvalue weighted by molar-refractivity contribution is 0.184. The summed E-state index contributed by atoms with van der Waals surface area (Å²) in [7, 11) is 1.61. The molecule has 1 saturated heterocycles. The molecule has 3 aromatic rings. The first-order valence-electron chi connectivity index (χ1n) is 9.42. The van der Waals surface area contributed by atoms with Crippen molar-refractivity contribution in [3.05, 3.63) is 60.2 Å². The molecule has 0 spiro atoms. The SMILES string of the molecule is COc1ccc(-c2noc(C3CCCN(C(=O)Nc4cccc(F)c4)C3)n2)cc1. The Hall–Kier alpha value is -3.42. The normalized spacial score (nSPS) is 16.5. The molecule has 0 saturated carbocycles. The van der Waals surface area contributed by atoms with E-state index in [4.69, 9.17) is 9.26 Å². The van der Waals surface area contributed by atoms with Crippen LogP contribution < -0.4 is 10.1 Å². The molecular weight excluding hydrogens is 375 g/mol. The molecule has 8 heteroatoms. The van der Waals surface area contributed by atoms with Crippen LogP contribution in [-0.4, -0.2) is 41.3 Å². The molecule has 0 radical (unpaired) electrons. The minimum Gasteiger partial charge on any atom is -0.497 e. The second-order valence-corrected chi connectivity index (χ2v) is 6.91. The van der Waals surface area contributed by atoms with Crippen LogP contribution in [0.3, 0.4) is 0 Å². The van der Waals surface area contributed by atoms with Crippen molar-refractivity contribution in [2.45, 2.75) is 18.8 Å². The summed E-state index contributed by atoms with van der Waals surface area (Å²) in [5.74, 6) is 1.34. The second-order valence-electron chi connectivity index (χ2n) is 6.91. The smallest absolute Gasteiger partial charge is 0.321 e. The summed E-state index contributed by atoms with van der Waals surface area (Å²) in [6.45, 7) is 1.09. The van der Waals surface area contributed by atoms with Gasteiger partial charge in [0.2, 0.25) is 11.7 Å². The molecule has 1 N–H and O–H groups in total. The van der Waals surface area contributed by atoms with Crippen LogP contribution in [0.25, 0.3) is 11.4 Å². The minimum atomic E-state index is -0.392. The van der Waals surface area contributed by atoms with E-state index in [1.54, 1.807) is 24.1 Å². The number of nitrogens with one attached hydrogen (secondary N) is 1. The van der Waals surface area contributed by atoms with Gasteiger partial charge in [-0.2, -0.15) is 4.98 Å². The quantitative estimate of drug-likeness (QED) is 0.711. The number of hydrogen-bond acceptors (Lipinski definition) is 5. The monoisotopic (exact) mass is 396 g/mol. The summed E-state index contributed by atoms with van der Waals surface area (Å²) in [6, 6.07) is 13.0. The summed E-state index contributed by atoms with van der Waals surface area (Å²) in [6.07, 6.45) is 1.68. The fourth-order valence-electron chi connectivity index (χ4n) is 3.39. The van der Waals surface area contributed by atoms with Crippen LogP contribution in [0.4, 0.5) is 14.9 Å². The number of rotatable bonds is 4. The molecule has 1 aliphatic rings. The number of anilines is 1. The zero-order valence-corrected chi connectivity index (χ0v) is 16.0. The summed E-state index contributed by atoms with van der Waals surface area (Å²) in [5, 5.41) is 6.81. The Kier molecular flexibility index (Phi) is 5.41. The third-order valence-electron chi connectivity index (χ3n) is 4.92. The molecule has 1 aromatic heterocycles. The standard InChI is InChI=1S/C21H21FN4O3/c1-28-18-9-7-14(8-10-18)19-24-20(29-25-19)15-4-3-11-26(13-15)21(27)23-17-6-2-5-16(22)12-17/h2,5-10,12,15H,3-4,11,13H2,1H3,(H,23,27). The number of benzene rings is 2. The Labute approximate surface area is 167 Å². The number of carbonyl (C=O) groups is 1. The third-order valence-corrected chi connectivity index (χ3v) is 4.92. The number of nitrogens with zero attached hydrogens (tertiary/aromatic N) is 3. The molecule has 2 aromatic carbocycles. The summed E-state index contributed by atoms with van der Waals surface area (Å²) < 4.78 is 24.0. The van der Waals surface area contributed by atoms with Crippen LogP contribution in [0.1, 0.15) is 24.7 Å². The number of halogens is 1. The van der Waals surface area contributed by atoms with E-state index in [0.717, 1.165) is 24.2 Å². The fraction of sp³-hybridized carbons (Fsp3) is 0.286. The predicted octanol–water partition coefficient (Wildman–Crippen LogP) is 4.30. The van der Waals surface area contributed by atoms with E-state index in [9.17, 15) is 9.18 Å². The van der Waals surface area contributed by atoms with E-state index >= 15 is 0 Å². The van der Waals surface area contributed by atoms with Crippen LogP contribution >= 0.6 is 0 Å². The van der Waals surface area contributed by atoms with Gasteiger partial charge in [-0.3, -0.25) is 0 Å². The minimum absolute atomic E-state index is 0.0403. The number of likely N-dealkylation sites (tertiary alicyclic amines) is 1. The number of aromatic nitrogens is 2. The number of piperidine rings is 1. The third kappa shape index (κ3) is 4.37. The molecule has 2 amide bonds. The van der Waals surface area contributed by atoms with Crippen LogP contribution in [-0.2, 0) is 0 Å². The van der Waals surface area contributed by atoms with Crippen molar-refractivity contribution in [3.63, 3.8) is 0 Å². The van der Waals surface area contributed by atoms with E-state index in [0.29, 0.717) is 30.5 Å². The van der Waals surface area contributed by atoms with Gasteiger partial charge in [-0.25, -0.2) is 9.18 Å². The Morgan fingerprint density at radius 1 is 1.28 bits per heavy atom. The molecule has 29 heavy (non-hydrogen) atoms. The van der Waals surface area contributed by atoms with Crippen molar-refractivity contribution in [1.82, 2.24) is 15.0 Å². The maximum Gasteiger partial charge on any atom is 0.321 e. The molecule has 0 aliphatic carbocycles. The highest BCUT2D eigenvalue weighted by molar-refractivity contribution is 5.89. The van der Waals surface area contributed by atoms with Crippen LogP contribution in [0.5, 0.6) is 5.75 Å². The van der Waals surface area contributed by atoms with Gasteiger partial charge in [-0.1, -0.05) is 11.2 Å². The highest BCUT2D eigenvalue weighted by Crippen LogP contribution is 2.28. The average molecular weight is 396 g/mol. The Balaban J connectivity index is 1.43. The summed E-state index contributed by atoms with van der Waals surface area (Å²) in [5.41, 5.74) is 1.26. The van der Waals surface area contributed by atoms with E-state index < -0.39 is 5.82 Å². The van der Waals surface area contributed by atoms with Crippen LogP contribution in [0, 0.1) is 5.82 Å².